The fourth-order valence-corrected chi connectivity index (χ4v) is 4.77. The summed E-state index contributed by atoms with van der Waals surface area (Å²) in [6.07, 6.45) is 3.64. The fraction of sp³-hybridized carbons (Fsp3) is 0.533. The first kappa shape index (κ1) is 32.7. The number of carbonyl (C=O) groups excluding carboxylic acids is 1. The number of carboxylic acids is 2. The minimum atomic E-state index is -3.08. The molecule has 240 valence electrons. The molecule has 44 heavy (non-hydrogen) atoms. The van der Waals surface area contributed by atoms with Crippen molar-refractivity contribution in [1.82, 2.24) is 15.6 Å². The van der Waals surface area contributed by atoms with Gasteiger partial charge < -0.3 is 34.2 Å². The Hall–Kier alpha value is -4.20. The molecule has 2 unspecified atom stereocenters. The molecule has 14 heteroatoms. The van der Waals surface area contributed by atoms with Crippen molar-refractivity contribution < 1.29 is 52.0 Å². The second-order valence-electron chi connectivity index (χ2n) is 12.3. The SMILES string of the molecule is CC(NC(=O)OC(C)(C)C)c1oc(-c2ccc(OC(F)F)c(OCC3CC3)c2)nc1C[C@]1(C(=O)O)CC=CC(C)(C(=O)O)N1. The molecule has 1 saturated carbocycles. The number of alkyl carbamates (subject to hydrolysis) is 1. The van der Waals surface area contributed by atoms with E-state index < -0.39 is 47.4 Å². The Kier molecular flexibility index (Phi) is 9.24. The van der Waals surface area contributed by atoms with Gasteiger partial charge in [0, 0.05) is 12.0 Å². The number of oxazole rings is 1. The molecule has 0 radical (unpaired) electrons. The van der Waals surface area contributed by atoms with Crippen molar-refractivity contribution in [3.63, 3.8) is 0 Å². The van der Waals surface area contributed by atoms with Gasteiger partial charge >= 0.3 is 24.6 Å². The lowest BCUT2D eigenvalue weighted by Crippen LogP contribution is -2.65. The van der Waals surface area contributed by atoms with Gasteiger partial charge in [-0.2, -0.15) is 8.78 Å². The lowest BCUT2D eigenvalue weighted by Gasteiger charge is -2.39. The van der Waals surface area contributed by atoms with Crippen molar-refractivity contribution in [3.05, 3.63) is 41.8 Å². The van der Waals surface area contributed by atoms with Gasteiger partial charge in [0.15, 0.2) is 11.5 Å². The Morgan fingerprint density at radius 2 is 1.89 bits per heavy atom. The maximum absolute atomic E-state index is 13.1. The van der Waals surface area contributed by atoms with E-state index in [4.69, 9.17) is 13.9 Å². The zero-order chi connectivity index (χ0) is 32.4. The van der Waals surface area contributed by atoms with Gasteiger partial charge in [0.1, 0.15) is 22.4 Å². The number of carbonyl (C=O) groups is 3. The first-order valence-corrected chi connectivity index (χ1v) is 14.2. The second-order valence-corrected chi connectivity index (χ2v) is 12.3. The van der Waals surface area contributed by atoms with Crippen LogP contribution < -0.4 is 20.1 Å². The van der Waals surface area contributed by atoms with Gasteiger partial charge in [0.05, 0.1) is 18.3 Å². The quantitative estimate of drug-likeness (QED) is 0.233. The van der Waals surface area contributed by atoms with E-state index in [1.54, 1.807) is 27.7 Å². The number of hydrogen-bond acceptors (Lipinski definition) is 9. The smallest absolute Gasteiger partial charge is 0.408 e. The third kappa shape index (κ3) is 7.84. The molecule has 0 saturated heterocycles. The number of carboxylic acid groups (broad SMARTS) is 2. The Morgan fingerprint density at radius 3 is 2.48 bits per heavy atom. The van der Waals surface area contributed by atoms with Crippen LogP contribution in [-0.2, 0) is 20.7 Å². The molecule has 0 bridgehead atoms. The maximum Gasteiger partial charge on any atom is 0.408 e. The summed E-state index contributed by atoms with van der Waals surface area (Å²) >= 11 is 0. The van der Waals surface area contributed by atoms with Crippen LogP contribution in [0.4, 0.5) is 13.6 Å². The predicted molar refractivity (Wildman–Crippen MR) is 152 cm³/mol. The molecule has 0 spiro atoms. The number of benzene rings is 1. The molecule has 1 amide bonds. The zero-order valence-corrected chi connectivity index (χ0v) is 25.1. The van der Waals surface area contributed by atoms with E-state index in [-0.39, 0.29) is 41.7 Å². The fourth-order valence-electron chi connectivity index (χ4n) is 4.77. The lowest BCUT2D eigenvalue weighted by atomic mass is 9.81. The highest BCUT2D eigenvalue weighted by atomic mass is 19.3. The summed E-state index contributed by atoms with van der Waals surface area (Å²) in [7, 11) is 0. The molecule has 2 aromatic rings. The van der Waals surface area contributed by atoms with Crippen molar-refractivity contribution in [1.29, 1.82) is 0 Å². The standard InChI is InChI=1S/C30H37F2N3O9/c1-16(33-27(40)44-28(2,3)4)22-19(14-30(25(38)39)12-6-11-29(5,35-30)24(36)37)34-23(43-22)18-9-10-20(42-26(31)32)21(13-18)41-15-17-7-8-17/h6,9-11,13,16-17,26,35H,7-8,12,14-15H2,1-5H3,(H,33,40)(H,36,37)(H,38,39)/t16?,29?,30-/m0/s1. The molecule has 3 atom stereocenters. The second kappa shape index (κ2) is 12.4. The van der Waals surface area contributed by atoms with Crippen molar-refractivity contribution in [3.8, 4) is 23.0 Å². The Balaban J connectivity index is 1.75. The van der Waals surface area contributed by atoms with Crippen LogP contribution >= 0.6 is 0 Å². The number of nitrogens with zero attached hydrogens (tertiary/aromatic N) is 1. The van der Waals surface area contributed by atoms with Crippen LogP contribution in [0.5, 0.6) is 11.5 Å². The Labute approximate surface area is 252 Å². The number of hydrogen-bond donors (Lipinski definition) is 4. The molecule has 1 aromatic carbocycles. The van der Waals surface area contributed by atoms with Gasteiger partial charge in [-0.3, -0.25) is 10.1 Å². The van der Waals surface area contributed by atoms with Gasteiger partial charge in [0.2, 0.25) is 5.89 Å². The number of aliphatic carboxylic acids is 2. The third-order valence-corrected chi connectivity index (χ3v) is 7.17. The normalized spacial score (nSPS) is 22.4. The Morgan fingerprint density at radius 1 is 1.18 bits per heavy atom. The van der Waals surface area contributed by atoms with Crippen LogP contribution in [0.3, 0.4) is 0 Å². The van der Waals surface area contributed by atoms with Gasteiger partial charge in [-0.1, -0.05) is 12.2 Å². The summed E-state index contributed by atoms with van der Waals surface area (Å²) in [6.45, 7) is 5.24. The van der Waals surface area contributed by atoms with E-state index in [0.717, 1.165) is 12.8 Å². The largest absolute Gasteiger partial charge is 0.489 e. The first-order chi connectivity index (χ1) is 20.5. The summed E-state index contributed by atoms with van der Waals surface area (Å²) in [6, 6.07) is 3.29. The molecule has 2 heterocycles. The van der Waals surface area contributed by atoms with Crippen molar-refractivity contribution in [2.75, 3.05) is 6.61 Å². The van der Waals surface area contributed by atoms with E-state index in [9.17, 15) is 33.4 Å². The van der Waals surface area contributed by atoms with Crippen LogP contribution in [0.2, 0.25) is 0 Å². The summed E-state index contributed by atoms with van der Waals surface area (Å²) in [5, 5.41) is 25.5. The van der Waals surface area contributed by atoms with Gasteiger partial charge in [-0.25, -0.2) is 14.6 Å². The van der Waals surface area contributed by atoms with Gasteiger partial charge in [0.25, 0.3) is 0 Å². The number of alkyl halides is 2. The van der Waals surface area contributed by atoms with E-state index in [0.29, 0.717) is 18.1 Å². The molecule has 1 aromatic heterocycles. The van der Waals surface area contributed by atoms with E-state index in [1.807, 2.05) is 0 Å². The first-order valence-electron chi connectivity index (χ1n) is 14.2. The lowest BCUT2D eigenvalue weighted by molar-refractivity contribution is -0.149. The summed E-state index contributed by atoms with van der Waals surface area (Å²) < 4.78 is 48.0. The van der Waals surface area contributed by atoms with Crippen LogP contribution in [0.25, 0.3) is 11.5 Å². The van der Waals surface area contributed by atoms with Crippen LogP contribution in [-0.4, -0.2) is 63.1 Å². The molecule has 4 rings (SSSR count). The average molecular weight is 622 g/mol. The number of nitrogens with one attached hydrogen (secondary N) is 2. The molecular formula is C30H37F2N3O9. The molecular weight excluding hydrogens is 584 g/mol. The summed E-state index contributed by atoms with van der Waals surface area (Å²) in [5.74, 6) is -2.32. The van der Waals surface area contributed by atoms with Crippen LogP contribution in [0.1, 0.15) is 71.4 Å². The number of rotatable bonds is 12. The number of halogens is 2. The molecule has 4 N–H and O–H groups in total. The zero-order valence-electron chi connectivity index (χ0n) is 25.1. The molecule has 2 aliphatic rings. The third-order valence-electron chi connectivity index (χ3n) is 7.17. The van der Waals surface area contributed by atoms with E-state index in [1.165, 1.54) is 37.3 Å². The van der Waals surface area contributed by atoms with E-state index >= 15 is 0 Å². The topological polar surface area (TPSA) is 169 Å². The van der Waals surface area contributed by atoms with Gasteiger partial charge in [-0.15, -0.1) is 0 Å². The Bertz CT molecular complexity index is 1430. The molecule has 12 nitrogen and oxygen atoms in total. The predicted octanol–water partition coefficient (Wildman–Crippen LogP) is 5.08. The van der Waals surface area contributed by atoms with Crippen LogP contribution in [0.15, 0.2) is 34.8 Å². The summed E-state index contributed by atoms with van der Waals surface area (Å²) in [5.41, 5.74) is -3.85. The van der Waals surface area contributed by atoms with Crippen molar-refractivity contribution in [2.24, 2.45) is 5.92 Å². The van der Waals surface area contributed by atoms with Gasteiger partial charge in [-0.05, 0) is 78.0 Å². The van der Waals surface area contributed by atoms with Crippen LogP contribution in [0, 0.1) is 5.92 Å². The summed E-state index contributed by atoms with van der Waals surface area (Å²) in [4.78, 5) is 41.8. The highest BCUT2D eigenvalue weighted by Gasteiger charge is 2.49. The average Bonchev–Trinajstić information content (AvgIpc) is 3.64. The molecule has 1 aliphatic heterocycles. The number of amides is 1. The van der Waals surface area contributed by atoms with Crippen molar-refractivity contribution >= 4 is 18.0 Å². The highest BCUT2D eigenvalue weighted by molar-refractivity contribution is 5.86. The van der Waals surface area contributed by atoms with E-state index in [2.05, 4.69) is 20.4 Å². The number of ether oxygens (including phenoxy) is 3. The molecule has 1 fully saturated rings. The minimum Gasteiger partial charge on any atom is -0.489 e. The monoisotopic (exact) mass is 621 g/mol. The number of aromatic nitrogens is 1. The minimum absolute atomic E-state index is 0.0133. The highest BCUT2D eigenvalue weighted by Crippen LogP contribution is 2.38. The van der Waals surface area contributed by atoms with Crippen molar-refractivity contribution in [2.45, 2.75) is 89.6 Å². The molecule has 1 aliphatic carbocycles. The maximum atomic E-state index is 13.1.